The highest BCUT2D eigenvalue weighted by atomic mass is 16.5. The quantitative estimate of drug-likeness (QED) is 0.918. The van der Waals surface area contributed by atoms with Crippen LogP contribution in [0.2, 0.25) is 0 Å². The normalized spacial score (nSPS) is 18.5. The van der Waals surface area contributed by atoms with Gasteiger partial charge in [-0.25, -0.2) is 4.98 Å². The Bertz CT molecular complexity index is 617. The summed E-state index contributed by atoms with van der Waals surface area (Å²) >= 11 is 0. The molecule has 3 heterocycles. The molecule has 0 fully saturated rings. The lowest BCUT2D eigenvalue weighted by molar-refractivity contribution is 0.135. The second-order valence-electron chi connectivity index (χ2n) is 4.89. The first-order chi connectivity index (χ1) is 9.24. The van der Waals surface area contributed by atoms with E-state index in [-0.39, 0.29) is 6.10 Å². The van der Waals surface area contributed by atoms with Crippen molar-refractivity contribution in [3.8, 4) is 0 Å². The number of aryl methyl sites for hydroxylation is 2. The van der Waals surface area contributed by atoms with E-state index < -0.39 is 0 Å². The summed E-state index contributed by atoms with van der Waals surface area (Å²) in [5.74, 6) is 0. The van der Waals surface area contributed by atoms with Gasteiger partial charge in [-0.05, 0) is 31.9 Å². The maximum absolute atomic E-state index is 5.54. The van der Waals surface area contributed by atoms with Gasteiger partial charge in [-0.15, -0.1) is 0 Å². The van der Waals surface area contributed by atoms with E-state index in [4.69, 9.17) is 4.74 Å². The van der Waals surface area contributed by atoms with Gasteiger partial charge in [-0.3, -0.25) is 4.68 Å². The lowest BCUT2D eigenvalue weighted by Crippen LogP contribution is -2.23. The van der Waals surface area contributed by atoms with Gasteiger partial charge in [0.2, 0.25) is 0 Å². The molecule has 1 aliphatic heterocycles. The van der Waals surface area contributed by atoms with Crippen LogP contribution in [0.5, 0.6) is 0 Å². The molecular weight excluding hydrogens is 240 g/mol. The second-order valence-corrected chi connectivity index (χ2v) is 4.89. The van der Waals surface area contributed by atoms with Crippen molar-refractivity contribution in [2.75, 3.05) is 11.9 Å². The molecule has 0 aromatic carbocycles. The lowest BCUT2D eigenvalue weighted by Gasteiger charge is -2.20. The minimum absolute atomic E-state index is 0.246. The summed E-state index contributed by atoms with van der Waals surface area (Å²) in [6.45, 7) is 2.81. The summed E-state index contributed by atoms with van der Waals surface area (Å²) in [4.78, 5) is 4.45. The fourth-order valence-electron chi connectivity index (χ4n) is 2.37. The van der Waals surface area contributed by atoms with Gasteiger partial charge in [-0.1, -0.05) is 0 Å². The molecular formula is C14H18N4O. The van der Waals surface area contributed by atoms with Crippen molar-refractivity contribution in [1.29, 1.82) is 0 Å². The third-order valence-electron chi connectivity index (χ3n) is 3.42. The standard InChI is InChI=1S/C14H18N4O/c1-10-13-7-11(8-16-14(13)18(2)17-10)15-9-12-5-3-4-6-19-12/h4,6-8,12,15H,3,5,9H2,1-2H3/t12-/m0/s1. The Balaban J connectivity index is 1.74. The van der Waals surface area contributed by atoms with Crippen molar-refractivity contribution < 1.29 is 4.74 Å². The van der Waals surface area contributed by atoms with Crippen LogP contribution in [0.3, 0.4) is 0 Å². The Morgan fingerprint density at radius 2 is 2.42 bits per heavy atom. The molecule has 0 bridgehead atoms. The number of nitrogens with zero attached hydrogens (tertiary/aromatic N) is 3. The zero-order valence-electron chi connectivity index (χ0n) is 11.3. The van der Waals surface area contributed by atoms with Crippen LogP contribution < -0.4 is 5.32 Å². The van der Waals surface area contributed by atoms with Gasteiger partial charge in [0.15, 0.2) is 5.65 Å². The molecule has 0 unspecified atom stereocenters. The van der Waals surface area contributed by atoms with E-state index in [0.717, 1.165) is 41.8 Å². The summed E-state index contributed by atoms with van der Waals surface area (Å²) in [6.07, 6.45) is 8.10. The van der Waals surface area contributed by atoms with Gasteiger partial charge < -0.3 is 10.1 Å². The third kappa shape index (κ3) is 2.41. The summed E-state index contributed by atoms with van der Waals surface area (Å²) < 4.78 is 7.34. The first-order valence-electron chi connectivity index (χ1n) is 6.58. The van der Waals surface area contributed by atoms with Crippen LogP contribution in [0.15, 0.2) is 24.6 Å². The monoisotopic (exact) mass is 258 g/mol. The van der Waals surface area contributed by atoms with Crippen LogP contribution in [-0.4, -0.2) is 27.4 Å². The lowest BCUT2D eigenvalue weighted by atomic mass is 10.1. The fraction of sp³-hybridized carbons (Fsp3) is 0.429. The van der Waals surface area contributed by atoms with Crippen LogP contribution in [0.1, 0.15) is 18.5 Å². The molecule has 2 aromatic rings. The Kier molecular flexibility index (Phi) is 3.11. The average molecular weight is 258 g/mol. The highest BCUT2D eigenvalue weighted by Gasteiger charge is 2.11. The number of anilines is 1. The third-order valence-corrected chi connectivity index (χ3v) is 3.42. The summed E-state index contributed by atoms with van der Waals surface area (Å²) in [5.41, 5.74) is 2.94. The molecule has 19 heavy (non-hydrogen) atoms. The molecule has 0 radical (unpaired) electrons. The Morgan fingerprint density at radius 3 is 3.21 bits per heavy atom. The first-order valence-corrected chi connectivity index (χ1v) is 6.58. The zero-order valence-corrected chi connectivity index (χ0v) is 11.3. The van der Waals surface area contributed by atoms with Crippen LogP contribution in [-0.2, 0) is 11.8 Å². The average Bonchev–Trinajstić information content (AvgIpc) is 2.73. The topological polar surface area (TPSA) is 52.0 Å². The van der Waals surface area contributed by atoms with E-state index in [0.29, 0.717) is 0 Å². The van der Waals surface area contributed by atoms with E-state index in [1.54, 1.807) is 6.26 Å². The number of pyridine rings is 1. The van der Waals surface area contributed by atoms with Crippen molar-refractivity contribution >= 4 is 16.7 Å². The number of nitrogens with one attached hydrogen (secondary N) is 1. The number of rotatable bonds is 3. The molecule has 100 valence electrons. The van der Waals surface area contributed by atoms with E-state index in [2.05, 4.69) is 27.5 Å². The number of aromatic nitrogens is 3. The summed E-state index contributed by atoms with van der Waals surface area (Å²) in [7, 11) is 1.91. The van der Waals surface area contributed by atoms with E-state index in [9.17, 15) is 0 Å². The van der Waals surface area contributed by atoms with E-state index in [1.807, 2.05) is 24.9 Å². The van der Waals surface area contributed by atoms with E-state index in [1.165, 1.54) is 0 Å². The maximum Gasteiger partial charge on any atom is 0.157 e. The minimum atomic E-state index is 0.246. The van der Waals surface area contributed by atoms with Gasteiger partial charge in [0, 0.05) is 12.4 Å². The van der Waals surface area contributed by atoms with Gasteiger partial charge in [-0.2, -0.15) is 5.10 Å². The van der Waals surface area contributed by atoms with Crippen molar-refractivity contribution in [1.82, 2.24) is 14.8 Å². The van der Waals surface area contributed by atoms with Crippen molar-refractivity contribution in [3.05, 3.63) is 30.3 Å². The first kappa shape index (κ1) is 12.0. The van der Waals surface area contributed by atoms with Crippen molar-refractivity contribution in [3.63, 3.8) is 0 Å². The van der Waals surface area contributed by atoms with Gasteiger partial charge in [0.1, 0.15) is 6.10 Å². The molecule has 0 amide bonds. The molecule has 0 spiro atoms. The van der Waals surface area contributed by atoms with Gasteiger partial charge in [0.05, 0.1) is 30.4 Å². The summed E-state index contributed by atoms with van der Waals surface area (Å²) in [5, 5.41) is 8.85. The predicted molar refractivity (Wildman–Crippen MR) is 75.0 cm³/mol. The van der Waals surface area contributed by atoms with Crippen LogP contribution >= 0.6 is 0 Å². The van der Waals surface area contributed by atoms with Crippen molar-refractivity contribution in [2.24, 2.45) is 7.05 Å². The Morgan fingerprint density at radius 1 is 1.53 bits per heavy atom. The number of hydrogen-bond donors (Lipinski definition) is 1. The second kappa shape index (κ2) is 4.91. The Labute approximate surface area is 112 Å². The maximum atomic E-state index is 5.54. The highest BCUT2D eigenvalue weighted by Crippen LogP contribution is 2.19. The molecule has 1 aliphatic rings. The smallest absolute Gasteiger partial charge is 0.157 e. The highest BCUT2D eigenvalue weighted by molar-refractivity contribution is 5.81. The summed E-state index contributed by atoms with van der Waals surface area (Å²) in [6, 6.07) is 2.10. The van der Waals surface area contributed by atoms with Gasteiger partial charge in [0.25, 0.3) is 0 Å². The number of fused-ring (bicyclic) bond motifs is 1. The SMILES string of the molecule is Cc1nn(C)c2ncc(NC[C@@H]3CCC=CO3)cc12. The molecule has 0 aliphatic carbocycles. The molecule has 5 nitrogen and oxygen atoms in total. The molecule has 5 heteroatoms. The molecule has 1 atom stereocenters. The van der Waals surface area contributed by atoms with Crippen LogP contribution in [0.25, 0.3) is 11.0 Å². The molecule has 1 N–H and O–H groups in total. The van der Waals surface area contributed by atoms with Gasteiger partial charge >= 0.3 is 0 Å². The Hall–Kier alpha value is -2.04. The van der Waals surface area contributed by atoms with Crippen LogP contribution in [0.4, 0.5) is 5.69 Å². The number of allylic oxidation sites excluding steroid dienone is 1. The zero-order chi connectivity index (χ0) is 13.2. The molecule has 0 saturated heterocycles. The molecule has 3 rings (SSSR count). The number of ether oxygens (including phenoxy) is 1. The van der Waals surface area contributed by atoms with E-state index >= 15 is 0 Å². The largest absolute Gasteiger partial charge is 0.497 e. The van der Waals surface area contributed by atoms with Crippen molar-refractivity contribution in [2.45, 2.75) is 25.9 Å². The molecule has 2 aromatic heterocycles. The predicted octanol–water partition coefficient (Wildman–Crippen LogP) is 2.38. The fourth-order valence-corrected chi connectivity index (χ4v) is 2.37. The minimum Gasteiger partial charge on any atom is -0.497 e. The van der Waals surface area contributed by atoms with Crippen LogP contribution in [0, 0.1) is 6.92 Å². The molecule has 0 saturated carbocycles. The number of hydrogen-bond acceptors (Lipinski definition) is 4.